The molecule has 34 heavy (non-hydrogen) atoms. The van der Waals surface area contributed by atoms with E-state index >= 15 is 0 Å². The maximum absolute atomic E-state index is 12.0. The number of nitrogens with zero attached hydrogens (tertiary/aromatic N) is 1. The van der Waals surface area contributed by atoms with Crippen LogP contribution in [0, 0.1) is 6.92 Å². The van der Waals surface area contributed by atoms with Gasteiger partial charge < -0.3 is 14.8 Å². The van der Waals surface area contributed by atoms with Crippen molar-refractivity contribution in [2.45, 2.75) is 20.1 Å². The van der Waals surface area contributed by atoms with Gasteiger partial charge in [0.05, 0.1) is 18.3 Å². The third-order valence-corrected chi connectivity index (χ3v) is 5.24. The van der Waals surface area contributed by atoms with Crippen LogP contribution in [-0.2, 0) is 22.7 Å². The van der Waals surface area contributed by atoms with E-state index in [1.807, 2.05) is 43.3 Å². The average Bonchev–Trinajstić information content (AvgIpc) is 2.83. The van der Waals surface area contributed by atoms with Crippen molar-refractivity contribution in [3.63, 3.8) is 0 Å². The molecule has 0 fully saturated rings. The lowest BCUT2D eigenvalue weighted by Crippen LogP contribution is -2.37. The first-order valence-electron chi connectivity index (χ1n) is 10.3. The fourth-order valence-electron chi connectivity index (χ4n) is 2.88. The van der Waals surface area contributed by atoms with Crippen LogP contribution in [0.4, 0.5) is 0 Å². The minimum Gasteiger partial charge on any atom is -0.493 e. The zero-order chi connectivity index (χ0) is 24.5. The Morgan fingerprint density at radius 1 is 0.971 bits per heavy atom. The maximum atomic E-state index is 12.0. The summed E-state index contributed by atoms with van der Waals surface area (Å²) >= 11 is 12.3. The van der Waals surface area contributed by atoms with Gasteiger partial charge in [0.25, 0.3) is 0 Å². The lowest BCUT2D eigenvalue weighted by Gasteiger charge is -2.13. The van der Waals surface area contributed by atoms with Crippen molar-refractivity contribution in [1.82, 2.24) is 10.7 Å². The molecule has 0 atom stereocenters. The van der Waals surface area contributed by atoms with Gasteiger partial charge in [0.2, 0.25) is 0 Å². The summed E-state index contributed by atoms with van der Waals surface area (Å²) in [6.45, 7) is 2.48. The van der Waals surface area contributed by atoms with E-state index in [0.717, 1.165) is 16.7 Å². The van der Waals surface area contributed by atoms with Crippen LogP contribution in [0.3, 0.4) is 0 Å². The number of aryl methyl sites for hydroxylation is 1. The Hall–Kier alpha value is -3.55. The average molecular weight is 500 g/mol. The molecule has 0 saturated carbocycles. The van der Waals surface area contributed by atoms with Crippen LogP contribution in [0.25, 0.3) is 0 Å². The van der Waals surface area contributed by atoms with E-state index in [-0.39, 0.29) is 13.2 Å². The molecule has 2 amide bonds. The minimum atomic E-state index is -0.885. The first kappa shape index (κ1) is 25.1. The Bertz CT molecular complexity index is 1180. The van der Waals surface area contributed by atoms with E-state index in [2.05, 4.69) is 15.8 Å². The van der Waals surface area contributed by atoms with Gasteiger partial charge in [0.15, 0.2) is 11.5 Å². The number of methoxy groups -OCH3 is 1. The lowest BCUT2D eigenvalue weighted by molar-refractivity contribution is -0.139. The molecule has 2 N–H and O–H groups in total. The summed E-state index contributed by atoms with van der Waals surface area (Å²) in [5.74, 6) is -0.913. The van der Waals surface area contributed by atoms with Crippen molar-refractivity contribution in [1.29, 1.82) is 0 Å². The molecule has 0 bridgehead atoms. The third kappa shape index (κ3) is 7.23. The predicted molar refractivity (Wildman–Crippen MR) is 133 cm³/mol. The Morgan fingerprint density at radius 2 is 1.65 bits per heavy atom. The number of benzene rings is 3. The van der Waals surface area contributed by atoms with Crippen molar-refractivity contribution in [3.8, 4) is 11.5 Å². The van der Waals surface area contributed by atoms with Gasteiger partial charge in [-0.15, -0.1) is 0 Å². The van der Waals surface area contributed by atoms with Gasteiger partial charge in [-0.05, 0) is 47.9 Å². The quantitative estimate of drug-likeness (QED) is 0.268. The zero-order valence-electron chi connectivity index (χ0n) is 18.6. The summed E-state index contributed by atoms with van der Waals surface area (Å²) in [5, 5.41) is 7.31. The van der Waals surface area contributed by atoms with Gasteiger partial charge in [0.1, 0.15) is 6.61 Å². The van der Waals surface area contributed by atoms with Crippen LogP contribution in [-0.4, -0.2) is 25.1 Å². The smallest absolute Gasteiger partial charge is 0.329 e. The molecule has 9 heteroatoms. The van der Waals surface area contributed by atoms with E-state index in [9.17, 15) is 9.59 Å². The number of nitrogens with one attached hydrogen (secondary N) is 2. The summed E-state index contributed by atoms with van der Waals surface area (Å²) in [4.78, 5) is 23.9. The summed E-state index contributed by atoms with van der Waals surface area (Å²) in [6, 6.07) is 18.1. The Kier molecular flexibility index (Phi) is 8.90. The molecule has 0 aliphatic rings. The monoisotopic (exact) mass is 499 g/mol. The van der Waals surface area contributed by atoms with Gasteiger partial charge in [-0.25, -0.2) is 5.43 Å². The third-order valence-electron chi connectivity index (χ3n) is 4.71. The standard InChI is InChI=1S/C25H23Cl2N3O4/c1-16-3-5-17(6-4-16)13-28-24(31)25(32)30-29-14-19-11-21(27)23(22(12-19)33-2)34-15-18-7-9-20(26)10-8-18/h3-12,14H,13,15H2,1-2H3,(H,28,31)(H,30,32)/b29-14-. The van der Waals surface area contributed by atoms with E-state index in [0.29, 0.717) is 27.1 Å². The number of carbonyl (C=O) groups excluding carboxylic acids is 2. The Balaban J connectivity index is 1.56. The van der Waals surface area contributed by atoms with E-state index in [4.69, 9.17) is 32.7 Å². The number of hydrogen-bond donors (Lipinski definition) is 2. The van der Waals surface area contributed by atoms with Crippen molar-refractivity contribution >= 4 is 41.2 Å². The second-order valence-corrected chi connectivity index (χ2v) is 8.16. The number of ether oxygens (including phenoxy) is 2. The van der Waals surface area contributed by atoms with Crippen LogP contribution in [0.5, 0.6) is 11.5 Å². The molecule has 0 aliphatic carbocycles. The highest BCUT2D eigenvalue weighted by atomic mass is 35.5. The second kappa shape index (κ2) is 12.1. The lowest BCUT2D eigenvalue weighted by atomic mass is 10.1. The van der Waals surface area contributed by atoms with Crippen molar-refractivity contribution < 1.29 is 19.1 Å². The Morgan fingerprint density at radius 3 is 2.32 bits per heavy atom. The van der Waals surface area contributed by atoms with Crippen LogP contribution in [0.2, 0.25) is 10.0 Å². The summed E-state index contributed by atoms with van der Waals surface area (Å²) in [5.41, 5.74) is 5.64. The molecular formula is C25H23Cl2N3O4. The molecule has 3 rings (SSSR count). The number of hydrogen-bond acceptors (Lipinski definition) is 5. The highest BCUT2D eigenvalue weighted by molar-refractivity contribution is 6.35. The van der Waals surface area contributed by atoms with Gasteiger partial charge >= 0.3 is 11.8 Å². The van der Waals surface area contributed by atoms with Crippen molar-refractivity contribution in [3.05, 3.63) is 93.0 Å². The molecule has 0 spiro atoms. The van der Waals surface area contributed by atoms with Gasteiger partial charge in [-0.3, -0.25) is 9.59 Å². The largest absolute Gasteiger partial charge is 0.493 e. The number of hydrazone groups is 1. The fourth-order valence-corrected chi connectivity index (χ4v) is 3.27. The summed E-state index contributed by atoms with van der Waals surface area (Å²) < 4.78 is 11.2. The summed E-state index contributed by atoms with van der Waals surface area (Å²) in [6.07, 6.45) is 1.35. The highest BCUT2D eigenvalue weighted by Gasteiger charge is 2.14. The second-order valence-electron chi connectivity index (χ2n) is 7.32. The molecule has 3 aromatic carbocycles. The molecule has 0 saturated heterocycles. The maximum Gasteiger partial charge on any atom is 0.329 e. The van der Waals surface area contributed by atoms with E-state index < -0.39 is 11.8 Å². The van der Waals surface area contributed by atoms with Crippen LogP contribution >= 0.6 is 23.2 Å². The topological polar surface area (TPSA) is 89.0 Å². The molecule has 0 aromatic heterocycles. The highest BCUT2D eigenvalue weighted by Crippen LogP contribution is 2.36. The van der Waals surface area contributed by atoms with E-state index in [1.54, 1.807) is 24.3 Å². The SMILES string of the molecule is COc1cc(/C=N\NC(=O)C(=O)NCc2ccc(C)cc2)cc(Cl)c1OCc1ccc(Cl)cc1. The summed E-state index contributed by atoms with van der Waals surface area (Å²) in [7, 11) is 1.49. The van der Waals surface area contributed by atoms with Crippen LogP contribution < -0.4 is 20.2 Å². The molecule has 176 valence electrons. The van der Waals surface area contributed by atoms with Gasteiger partial charge in [-0.2, -0.15) is 5.10 Å². The molecule has 0 unspecified atom stereocenters. The Labute approximate surface area is 207 Å². The number of carbonyl (C=O) groups is 2. The number of halogens is 2. The molecular weight excluding hydrogens is 477 g/mol. The normalized spacial score (nSPS) is 10.7. The number of amides is 2. The first-order valence-corrected chi connectivity index (χ1v) is 11.0. The fraction of sp³-hybridized carbons (Fsp3) is 0.160. The predicted octanol–water partition coefficient (Wildman–Crippen LogP) is 4.66. The molecule has 0 radical (unpaired) electrons. The molecule has 3 aromatic rings. The van der Waals surface area contributed by atoms with Gasteiger partial charge in [0, 0.05) is 11.6 Å². The van der Waals surface area contributed by atoms with Gasteiger partial charge in [-0.1, -0.05) is 65.2 Å². The molecule has 0 aliphatic heterocycles. The molecule has 0 heterocycles. The van der Waals surface area contributed by atoms with Crippen molar-refractivity contribution in [2.24, 2.45) is 5.10 Å². The minimum absolute atomic E-state index is 0.237. The van der Waals surface area contributed by atoms with Crippen LogP contribution in [0.1, 0.15) is 22.3 Å². The molecule has 7 nitrogen and oxygen atoms in total. The number of rotatable bonds is 8. The van der Waals surface area contributed by atoms with Crippen molar-refractivity contribution in [2.75, 3.05) is 7.11 Å². The zero-order valence-corrected chi connectivity index (χ0v) is 20.1. The van der Waals surface area contributed by atoms with Crippen LogP contribution in [0.15, 0.2) is 65.8 Å². The van der Waals surface area contributed by atoms with E-state index in [1.165, 1.54) is 13.3 Å². The first-order chi connectivity index (χ1) is 16.4.